The van der Waals surface area contributed by atoms with E-state index in [1.54, 1.807) is 6.92 Å². The zero-order valence-corrected chi connectivity index (χ0v) is 11.0. The van der Waals surface area contributed by atoms with Crippen LogP contribution in [-0.2, 0) is 0 Å². The SMILES string of the molecule is C=C(C)C[C@H](N)c1cccc(OC(F)(F)F)c1O.Cl. The highest BCUT2D eigenvalue weighted by atomic mass is 35.5. The second-order valence-corrected chi connectivity index (χ2v) is 4.01. The van der Waals surface area contributed by atoms with E-state index >= 15 is 0 Å². The average Bonchev–Trinajstić information content (AvgIpc) is 2.18. The van der Waals surface area contributed by atoms with Crippen LogP contribution < -0.4 is 10.5 Å². The van der Waals surface area contributed by atoms with Crippen molar-refractivity contribution in [2.24, 2.45) is 5.73 Å². The number of halogens is 4. The fourth-order valence-corrected chi connectivity index (χ4v) is 1.53. The lowest BCUT2D eigenvalue weighted by atomic mass is 10.00. The molecular formula is C12H15ClF3NO2. The van der Waals surface area contributed by atoms with Crippen molar-refractivity contribution in [3.63, 3.8) is 0 Å². The Morgan fingerprint density at radius 2 is 2.05 bits per heavy atom. The van der Waals surface area contributed by atoms with E-state index in [0.717, 1.165) is 11.6 Å². The first-order chi connectivity index (χ1) is 8.20. The number of hydrogen-bond acceptors (Lipinski definition) is 3. The van der Waals surface area contributed by atoms with Gasteiger partial charge in [-0.3, -0.25) is 0 Å². The van der Waals surface area contributed by atoms with E-state index in [1.165, 1.54) is 12.1 Å². The number of benzene rings is 1. The summed E-state index contributed by atoms with van der Waals surface area (Å²) in [6.07, 6.45) is -4.49. The van der Waals surface area contributed by atoms with Crippen LogP contribution >= 0.6 is 12.4 Å². The van der Waals surface area contributed by atoms with Gasteiger partial charge in [0.25, 0.3) is 0 Å². The Balaban J connectivity index is 0.00000324. The van der Waals surface area contributed by atoms with Crippen molar-refractivity contribution < 1.29 is 23.0 Å². The molecule has 0 saturated carbocycles. The van der Waals surface area contributed by atoms with Crippen molar-refractivity contribution in [3.05, 3.63) is 35.9 Å². The van der Waals surface area contributed by atoms with E-state index in [9.17, 15) is 18.3 Å². The molecule has 0 saturated heterocycles. The minimum Gasteiger partial charge on any atom is -0.504 e. The molecule has 3 N–H and O–H groups in total. The molecule has 0 spiro atoms. The molecule has 0 aliphatic rings. The molecule has 1 atom stereocenters. The highest BCUT2D eigenvalue weighted by molar-refractivity contribution is 5.85. The van der Waals surface area contributed by atoms with Gasteiger partial charge in [0.2, 0.25) is 0 Å². The van der Waals surface area contributed by atoms with Crippen LogP contribution in [0.3, 0.4) is 0 Å². The van der Waals surface area contributed by atoms with Crippen molar-refractivity contribution in [1.82, 2.24) is 0 Å². The number of phenols is 1. The summed E-state index contributed by atoms with van der Waals surface area (Å²) in [4.78, 5) is 0. The third-order valence-corrected chi connectivity index (χ3v) is 2.22. The molecule has 0 unspecified atom stereocenters. The van der Waals surface area contributed by atoms with Crippen molar-refractivity contribution in [3.8, 4) is 11.5 Å². The Kier molecular flexibility index (Phi) is 6.18. The number of alkyl halides is 3. The standard InChI is InChI=1S/C12H14F3NO2.ClH/c1-7(2)6-9(16)8-4-3-5-10(11(8)17)18-12(13,14)15;/h3-5,9,17H,1,6,16H2,2H3;1H/t9-;/m0./s1. The molecule has 0 heterocycles. The van der Waals surface area contributed by atoms with Gasteiger partial charge in [-0.05, 0) is 19.4 Å². The lowest BCUT2D eigenvalue weighted by Crippen LogP contribution is -2.18. The summed E-state index contributed by atoms with van der Waals surface area (Å²) >= 11 is 0. The van der Waals surface area contributed by atoms with Crippen molar-refractivity contribution in [1.29, 1.82) is 0 Å². The molecule has 0 amide bonds. The first kappa shape index (κ1) is 17.6. The highest BCUT2D eigenvalue weighted by Gasteiger charge is 2.32. The molecule has 1 aromatic carbocycles. The number of nitrogens with two attached hydrogens (primary N) is 1. The maximum Gasteiger partial charge on any atom is 0.573 e. The lowest BCUT2D eigenvalue weighted by Gasteiger charge is -2.17. The van der Waals surface area contributed by atoms with Gasteiger partial charge < -0.3 is 15.6 Å². The molecule has 7 heteroatoms. The maximum absolute atomic E-state index is 12.1. The van der Waals surface area contributed by atoms with Crippen molar-refractivity contribution in [2.75, 3.05) is 0 Å². The Morgan fingerprint density at radius 1 is 1.47 bits per heavy atom. The molecular weight excluding hydrogens is 283 g/mol. The van der Waals surface area contributed by atoms with Crippen LogP contribution in [0.2, 0.25) is 0 Å². The molecule has 1 rings (SSSR count). The smallest absolute Gasteiger partial charge is 0.504 e. The minimum absolute atomic E-state index is 0. The molecule has 3 nitrogen and oxygen atoms in total. The van der Waals surface area contributed by atoms with E-state index < -0.39 is 23.9 Å². The van der Waals surface area contributed by atoms with E-state index in [1.807, 2.05) is 0 Å². The molecule has 108 valence electrons. The fourth-order valence-electron chi connectivity index (χ4n) is 1.53. The monoisotopic (exact) mass is 297 g/mol. The van der Waals surface area contributed by atoms with Gasteiger partial charge in [0.1, 0.15) is 0 Å². The molecule has 1 aromatic rings. The van der Waals surface area contributed by atoms with E-state index in [4.69, 9.17) is 5.73 Å². The van der Waals surface area contributed by atoms with Crippen molar-refractivity contribution in [2.45, 2.75) is 25.7 Å². The Labute approximate surface area is 115 Å². The summed E-state index contributed by atoms with van der Waals surface area (Å²) in [5, 5.41) is 9.70. The van der Waals surface area contributed by atoms with Gasteiger partial charge in [-0.1, -0.05) is 17.7 Å². The van der Waals surface area contributed by atoms with E-state index in [2.05, 4.69) is 11.3 Å². The van der Waals surface area contributed by atoms with E-state index in [0.29, 0.717) is 6.42 Å². The van der Waals surface area contributed by atoms with Crippen LogP contribution in [-0.4, -0.2) is 11.5 Å². The number of rotatable bonds is 4. The summed E-state index contributed by atoms with van der Waals surface area (Å²) < 4.78 is 40.0. The van der Waals surface area contributed by atoms with Gasteiger partial charge in [0.05, 0.1) is 0 Å². The largest absolute Gasteiger partial charge is 0.573 e. The summed E-state index contributed by atoms with van der Waals surface area (Å²) in [6.45, 7) is 5.40. The van der Waals surface area contributed by atoms with Gasteiger partial charge in [-0.15, -0.1) is 32.2 Å². The Morgan fingerprint density at radius 3 is 2.53 bits per heavy atom. The second-order valence-electron chi connectivity index (χ2n) is 4.01. The highest BCUT2D eigenvalue weighted by Crippen LogP contribution is 2.37. The van der Waals surface area contributed by atoms with Crippen LogP contribution in [0.25, 0.3) is 0 Å². The van der Waals surface area contributed by atoms with Crippen LogP contribution in [0.15, 0.2) is 30.4 Å². The zero-order chi connectivity index (χ0) is 13.9. The molecule has 0 aliphatic carbocycles. The number of hydrogen-bond donors (Lipinski definition) is 2. The maximum atomic E-state index is 12.1. The number of phenolic OH excluding ortho intramolecular Hbond substituents is 1. The Bertz CT molecular complexity index is 449. The molecule has 0 aromatic heterocycles. The molecule has 19 heavy (non-hydrogen) atoms. The number of para-hydroxylation sites is 1. The number of ether oxygens (including phenoxy) is 1. The zero-order valence-electron chi connectivity index (χ0n) is 10.2. The van der Waals surface area contributed by atoms with Gasteiger partial charge in [-0.25, -0.2) is 0 Å². The Hall–Kier alpha value is -1.40. The van der Waals surface area contributed by atoms with Crippen LogP contribution in [0.4, 0.5) is 13.2 Å². The lowest BCUT2D eigenvalue weighted by molar-refractivity contribution is -0.275. The van der Waals surface area contributed by atoms with Crippen LogP contribution in [0, 0.1) is 0 Å². The normalized spacial score (nSPS) is 12.5. The molecule has 0 aliphatic heterocycles. The molecule has 0 radical (unpaired) electrons. The third kappa shape index (κ3) is 5.40. The van der Waals surface area contributed by atoms with E-state index in [-0.39, 0.29) is 18.0 Å². The third-order valence-electron chi connectivity index (χ3n) is 2.22. The summed E-state index contributed by atoms with van der Waals surface area (Å²) in [5.41, 5.74) is 6.73. The van der Waals surface area contributed by atoms with Crippen LogP contribution in [0.5, 0.6) is 11.5 Å². The number of aromatic hydroxyl groups is 1. The van der Waals surface area contributed by atoms with Gasteiger partial charge >= 0.3 is 6.36 Å². The first-order valence-electron chi connectivity index (χ1n) is 5.18. The first-order valence-corrected chi connectivity index (χ1v) is 5.18. The predicted octanol–water partition coefficient (Wildman–Crippen LogP) is 3.68. The topological polar surface area (TPSA) is 55.5 Å². The predicted molar refractivity (Wildman–Crippen MR) is 68.4 cm³/mol. The quantitative estimate of drug-likeness (QED) is 0.834. The van der Waals surface area contributed by atoms with Crippen molar-refractivity contribution >= 4 is 12.4 Å². The second kappa shape index (κ2) is 6.68. The minimum atomic E-state index is -4.85. The van der Waals surface area contributed by atoms with Gasteiger partial charge in [-0.2, -0.15) is 0 Å². The summed E-state index contributed by atoms with van der Waals surface area (Å²) in [6, 6.07) is 3.19. The molecule has 0 fully saturated rings. The fraction of sp³-hybridized carbons (Fsp3) is 0.333. The summed E-state index contributed by atoms with van der Waals surface area (Å²) in [7, 11) is 0. The molecule has 0 bridgehead atoms. The van der Waals surface area contributed by atoms with Gasteiger partial charge in [0, 0.05) is 11.6 Å². The van der Waals surface area contributed by atoms with Crippen LogP contribution in [0.1, 0.15) is 24.9 Å². The average molecular weight is 298 g/mol. The summed E-state index contributed by atoms with van der Waals surface area (Å²) in [5.74, 6) is -1.25. The van der Waals surface area contributed by atoms with Gasteiger partial charge in [0.15, 0.2) is 11.5 Å².